The Kier molecular flexibility index (Phi) is 5.42. The number of nitrogens with one attached hydrogen (secondary N) is 1. The summed E-state index contributed by atoms with van der Waals surface area (Å²) in [7, 11) is 0. The Labute approximate surface area is 150 Å². The second-order valence-electron chi connectivity index (χ2n) is 7.03. The quantitative estimate of drug-likeness (QED) is 0.798. The highest BCUT2D eigenvalue weighted by Crippen LogP contribution is 2.41. The molecule has 0 saturated heterocycles. The Morgan fingerprint density at radius 3 is 2.52 bits per heavy atom. The lowest BCUT2D eigenvalue weighted by molar-refractivity contribution is -0.126. The number of benzene rings is 2. The number of carbonyl (C=O) groups is 1. The van der Waals surface area contributed by atoms with Crippen LogP contribution in [0, 0.1) is 13.8 Å². The smallest absolute Gasteiger partial charge is 0.230 e. The number of carbonyl (C=O) groups excluding carboxylic acids is 1. The molecule has 3 rings (SSSR count). The number of rotatable bonds is 6. The molecule has 3 heteroatoms. The molecule has 0 radical (unpaired) electrons. The minimum Gasteiger partial charge on any atom is -0.491 e. The van der Waals surface area contributed by atoms with E-state index in [-0.39, 0.29) is 11.3 Å². The lowest BCUT2D eigenvalue weighted by atomic mass is 9.78. The zero-order valence-electron chi connectivity index (χ0n) is 15.2. The highest BCUT2D eigenvalue weighted by molar-refractivity contribution is 5.88. The molecule has 0 aliphatic heterocycles. The first-order valence-corrected chi connectivity index (χ1v) is 9.16. The average Bonchev–Trinajstić information content (AvgIpc) is 3.13. The van der Waals surface area contributed by atoms with E-state index in [0.29, 0.717) is 13.2 Å². The van der Waals surface area contributed by atoms with Gasteiger partial charge in [-0.3, -0.25) is 4.79 Å². The Morgan fingerprint density at radius 1 is 1.08 bits per heavy atom. The highest BCUT2D eigenvalue weighted by Gasteiger charge is 2.42. The van der Waals surface area contributed by atoms with Crippen LogP contribution in [-0.2, 0) is 10.2 Å². The van der Waals surface area contributed by atoms with E-state index in [9.17, 15) is 4.79 Å². The molecule has 2 aromatic rings. The molecular formula is C22H27NO2. The van der Waals surface area contributed by atoms with Gasteiger partial charge in [0.1, 0.15) is 12.4 Å². The fraction of sp³-hybridized carbons (Fsp3) is 0.409. The molecule has 1 saturated carbocycles. The molecule has 25 heavy (non-hydrogen) atoms. The van der Waals surface area contributed by atoms with Crippen molar-refractivity contribution in [1.29, 1.82) is 0 Å². The van der Waals surface area contributed by atoms with Crippen LogP contribution in [0.25, 0.3) is 0 Å². The van der Waals surface area contributed by atoms with Gasteiger partial charge in [0, 0.05) is 0 Å². The number of hydrogen-bond donors (Lipinski definition) is 1. The van der Waals surface area contributed by atoms with E-state index in [1.807, 2.05) is 31.2 Å². The first kappa shape index (κ1) is 17.5. The van der Waals surface area contributed by atoms with E-state index in [1.54, 1.807) is 0 Å². The number of aryl methyl sites for hydroxylation is 2. The predicted molar refractivity (Wildman–Crippen MR) is 101 cm³/mol. The van der Waals surface area contributed by atoms with Gasteiger partial charge in [0.2, 0.25) is 5.91 Å². The van der Waals surface area contributed by atoms with Crippen LogP contribution in [0.2, 0.25) is 0 Å². The molecule has 0 bridgehead atoms. The SMILES string of the molecule is Cc1ccc(C)c(OCCNC(=O)C2(c3ccccc3)CCCC2)c1. The molecule has 1 N–H and O–H groups in total. The van der Waals surface area contributed by atoms with Crippen molar-refractivity contribution < 1.29 is 9.53 Å². The summed E-state index contributed by atoms with van der Waals surface area (Å²) in [6, 6.07) is 16.4. The number of amides is 1. The number of ether oxygens (including phenoxy) is 1. The monoisotopic (exact) mass is 337 g/mol. The zero-order valence-corrected chi connectivity index (χ0v) is 15.2. The van der Waals surface area contributed by atoms with Gasteiger partial charge < -0.3 is 10.1 Å². The van der Waals surface area contributed by atoms with E-state index in [0.717, 1.165) is 42.6 Å². The van der Waals surface area contributed by atoms with Crippen LogP contribution in [0.1, 0.15) is 42.4 Å². The summed E-state index contributed by atoms with van der Waals surface area (Å²) in [4.78, 5) is 12.9. The maximum absolute atomic E-state index is 12.9. The molecular weight excluding hydrogens is 310 g/mol. The van der Waals surface area contributed by atoms with E-state index >= 15 is 0 Å². The van der Waals surface area contributed by atoms with Crippen molar-refractivity contribution >= 4 is 5.91 Å². The molecule has 3 nitrogen and oxygen atoms in total. The molecule has 2 aromatic carbocycles. The van der Waals surface area contributed by atoms with Crippen molar-refractivity contribution in [3.05, 3.63) is 65.2 Å². The summed E-state index contributed by atoms with van der Waals surface area (Å²) in [6.45, 7) is 5.11. The lowest BCUT2D eigenvalue weighted by Gasteiger charge is -2.28. The summed E-state index contributed by atoms with van der Waals surface area (Å²) >= 11 is 0. The first-order chi connectivity index (χ1) is 12.1. The molecule has 1 aliphatic rings. The van der Waals surface area contributed by atoms with Gasteiger partial charge in [0.25, 0.3) is 0 Å². The lowest BCUT2D eigenvalue weighted by Crippen LogP contribution is -2.44. The topological polar surface area (TPSA) is 38.3 Å². The minimum absolute atomic E-state index is 0.140. The maximum Gasteiger partial charge on any atom is 0.230 e. The van der Waals surface area contributed by atoms with Gasteiger partial charge in [-0.1, -0.05) is 55.3 Å². The van der Waals surface area contributed by atoms with Gasteiger partial charge in [-0.05, 0) is 49.4 Å². The summed E-state index contributed by atoms with van der Waals surface area (Å²) in [5.74, 6) is 1.04. The van der Waals surface area contributed by atoms with Gasteiger partial charge in [-0.25, -0.2) is 0 Å². The molecule has 0 spiro atoms. The Balaban J connectivity index is 1.59. The third kappa shape index (κ3) is 3.87. The van der Waals surface area contributed by atoms with Gasteiger partial charge in [0.15, 0.2) is 0 Å². The van der Waals surface area contributed by atoms with Crippen LogP contribution in [0.4, 0.5) is 0 Å². The maximum atomic E-state index is 12.9. The largest absolute Gasteiger partial charge is 0.491 e. The Bertz CT molecular complexity index is 718. The third-order valence-electron chi connectivity index (χ3n) is 5.21. The second-order valence-corrected chi connectivity index (χ2v) is 7.03. The summed E-state index contributed by atoms with van der Waals surface area (Å²) in [5, 5.41) is 3.10. The van der Waals surface area contributed by atoms with E-state index in [4.69, 9.17) is 4.74 Å². The van der Waals surface area contributed by atoms with E-state index in [1.165, 1.54) is 5.56 Å². The molecule has 0 unspecified atom stereocenters. The van der Waals surface area contributed by atoms with Crippen molar-refractivity contribution in [2.24, 2.45) is 0 Å². The number of hydrogen-bond acceptors (Lipinski definition) is 2. The van der Waals surface area contributed by atoms with Crippen LogP contribution in [0.15, 0.2) is 48.5 Å². The van der Waals surface area contributed by atoms with Crippen molar-refractivity contribution in [2.45, 2.75) is 44.9 Å². The molecule has 0 heterocycles. The summed E-state index contributed by atoms with van der Waals surface area (Å²) in [6.07, 6.45) is 4.09. The van der Waals surface area contributed by atoms with Crippen molar-refractivity contribution in [1.82, 2.24) is 5.32 Å². The molecule has 1 aliphatic carbocycles. The van der Waals surface area contributed by atoms with Crippen LogP contribution >= 0.6 is 0 Å². The zero-order chi connectivity index (χ0) is 17.7. The molecule has 1 fully saturated rings. The molecule has 132 valence electrons. The Morgan fingerprint density at radius 2 is 1.80 bits per heavy atom. The van der Waals surface area contributed by atoms with Gasteiger partial charge in [0.05, 0.1) is 12.0 Å². The first-order valence-electron chi connectivity index (χ1n) is 9.16. The van der Waals surface area contributed by atoms with Crippen LogP contribution in [0.3, 0.4) is 0 Å². The third-order valence-corrected chi connectivity index (χ3v) is 5.21. The second kappa shape index (κ2) is 7.73. The summed E-state index contributed by atoms with van der Waals surface area (Å²) in [5.41, 5.74) is 3.08. The van der Waals surface area contributed by atoms with Gasteiger partial charge >= 0.3 is 0 Å². The van der Waals surface area contributed by atoms with Crippen molar-refractivity contribution in [3.63, 3.8) is 0 Å². The molecule has 0 aromatic heterocycles. The van der Waals surface area contributed by atoms with Crippen LogP contribution in [-0.4, -0.2) is 19.1 Å². The normalized spacial score (nSPS) is 15.8. The van der Waals surface area contributed by atoms with Crippen molar-refractivity contribution in [2.75, 3.05) is 13.2 Å². The van der Waals surface area contributed by atoms with Crippen LogP contribution in [0.5, 0.6) is 5.75 Å². The fourth-order valence-corrected chi connectivity index (χ4v) is 3.74. The van der Waals surface area contributed by atoms with E-state index in [2.05, 4.69) is 36.5 Å². The highest BCUT2D eigenvalue weighted by atomic mass is 16.5. The average molecular weight is 337 g/mol. The molecule has 1 amide bonds. The predicted octanol–water partition coefficient (Wildman–Crippen LogP) is 4.31. The minimum atomic E-state index is -0.361. The molecule has 0 atom stereocenters. The Hall–Kier alpha value is -2.29. The standard InChI is InChI=1S/C22H27NO2/c1-17-10-11-18(2)20(16-17)25-15-14-23-21(24)22(12-6-7-13-22)19-8-4-3-5-9-19/h3-5,8-11,16H,6-7,12-15H2,1-2H3,(H,23,24). The van der Waals surface area contributed by atoms with E-state index < -0.39 is 0 Å². The fourth-order valence-electron chi connectivity index (χ4n) is 3.74. The van der Waals surface area contributed by atoms with Crippen molar-refractivity contribution in [3.8, 4) is 5.75 Å². The van der Waals surface area contributed by atoms with Crippen LogP contribution < -0.4 is 10.1 Å². The van der Waals surface area contributed by atoms with Gasteiger partial charge in [-0.15, -0.1) is 0 Å². The van der Waals surface area contributed by atoms with Gasteiger partial charge in [-0.2, -0.15) is 0 Å². The summed E-state index contributed by atoms with van der Waals surface area (Å²) < 4.78 is 5.85.